The number of carbonyl (C=O) groups is 14. The molecule has 46 heteroatoms. The van der Waals surface area contributed by atoms with Crippen LogP contribution in [0.25, 0.3) is 21.8 Å². The van der Waals surface area contributed by atoms with Crippen LogP contribution in [0.15, 0.2) is 132 Å². The number of benzene rings is 4. The van der Waals surface area contributed by atoms with Crippen LogP contribution in [0.1, 0.15) is 205 Å². The largest absolute Gasteiger partial charge is 0.481 e. The Bertz CT molecular complexity index is 3310. The van der Waals surface area contributed by atoms with Crippen molar-refractivity contribution in [3.05, 3.63) is 144 Å². The van der Waals surface area contributed by atoms with E-state index < -0.39 is 34.0 Å². The molecule has 4 aromatic carbocycles. The van der Waals surface area contributed by atoms with Crippen LogP contribution in [0.5, 0.6) is 0 Å². The van der Waals surface area contributed by atoms with Gasteiger partial charge in [-0.15, -0.1) is 0 Å². The van der Waals surface area contributed by atoms with Gasteiger partial charge >= 0.3 is 5.97 Å². The number of sulfonamides is 1. The van der Waals surface area contributed by atoms with Gasteiger partial charge in [-0.25, -0.2) is 13.1 Å². The number of hydrogen-bond acceptors (Lipinski definition) is 34. The molecule has 0 radical (unpaired) electrons. The van der Waals surface area contributed by atoms with E-state index in [1.54, 1.807) is 0 Å². The summed E-state index contributed by atoms with van der Waals surface area (Å²) in [6.45, 7) is 39.7. The molecule has 2 atom stereocenters. The van der Waals surface area contributed by atoms with Crippen LogP contribution in [0.2, 0.25) is 0 Å². The number of guanidine groups is 2. The van der Waals surface area contributed by atoms with Gasteiger partial charge in [-0.1, -0.05) is 228 Å². The van der Waals surface area contributed by atoms with E-state index in [1.807, 2.05) is 129 Å². The number of aryl methyl sites for hydroxylation is 2. The molecule has 59 N–H and O–H groups in total. The molecule has 45 nitrogen and oxygen atoms in total. The summed E-state index contributed by atoms with van der Waals surface area (Å²) in [5.74, 6) is 0.415. The van der Waals surface area contributed by atoms with E-state index in [4.69, 9.17) is 76.0 Å². The summed E-state index contributed by atoms with van der Waals surface area (Å²) >= 11 is 0. The number of aromatic amines is 2. The number of amides is 3. The fourth-order valence-electron chi connectivity index (χ4n) is 11.2. The number of carboxylic acids is 1. The lowest BCUT2D eigenvalue weighted by Gasteiger charge is -2.18. The van der Waals surface area contributed by atoms with Crippen LogP contribution < -0.4 is 140 Å². The van der Waals surface area contributed by atoms with Crippen molar-refractivity contribution >= 4 is 135 Å². The summed E-state index contributed by atoms with van der Waals surface area (Å²) in [6, 6.07) is 33.8. The summed E-state index contributed by atoms with van der Waals surface area (Å²) in [7, 11) is -0.443. The number of nitrogens with two attached hydrogens (primary N) is 4. The smallest absolute Gasteiger partial charge is 0.303 e. The van der Waals surface area contributed by atoms with Crippen molar-refractivity contribution in [2.75, 3.05) is 59.6 Å². The molecule has 2 aliphatic heterocycles. The van der Waals surface area contributed by atoms with Gasteiger partial charge in [-0.3, -0.25) is 29.2 Å². The van der Waals surface area contributed by atoms with E-state index in [1.165, 1.54) is 176 Å². The number of carbonyl (C=O) groups excluding carboxylic acids is 13. The Morgan fingerprint density at radius 3 is 0.911 bits per heavy atom. The van der Waals surface area contributed by atoms with Crippen LogP contribution in [-0.2, 0) is 103 Å². The average molecular weight is 1960 g/mol. The van der Waals surface area contributed by atoms with Gasteiger partial charge in [0.15, 0.2) is 11.9 Å². The quantitative estimate of drug-likeness (QED) is 0.0170. The van der Waals surface area contributed by atoms with Gasteiger partial charge in [0, 0.05) is 74.2 Å². The first-order valence-corrected chi connectivity index (χ1v) is 42.1. The van der Waals surface area contributed by atoms with E-state index >= 15 is 0 Å². The molecule has 6 aromatic rings. The Morgan fingerprint density at radius 1 is 0.407 bits per heavy atom. The molecule has 2 saturated heterocycles. The average Bonchev–Trinajstić information content (AvgIpc) is 1.68. The van der Waals surface area contributed by atoms with Crippen molar-refractivity contribution in [3.63, 3.8) is 0 Å². The lowest BCUT2D eigenvalue weighted by molar-refractivity contribution is -0.139. The summed E-state index contributed by atoms with van der Waals surface area (Å²) < 4.78 is 24.6. The maximum absolute atomic E-state index is 11.7. The third-order valence-electron chi connectivity index (χ3n) is 17.2. The van der Waals surface area contributed by atoms with Crippen LogP contribution in [0.3, 0.4) is 0 Å². The number of fused-ring (bicyclic) bond motifs is 2. The van der Waals surface area contributed by atoms with Gasteiger partial charge in [-0.05, 0) is 130 Å². The summed E-state index contributed by atoms with van der Waals surface area (Å²) in [6.07, 6.45) is 35.5. The zero-order valence-corrected chi connectivity index (χ0v) is 84.9. The predicted molar refractivity (Wildman–Crippen MR) is 565 cm³/mol. The van der Waals surface area contributed by atoms with E-state index in [-0.39, 0.29) is 123 Å². The standard InChI is InChI=1S/C14H18N2O4.C11H16N2O3S.2C10H11N.2C8H16.2C5H13N3.2C4H9N.10CH2O.14H3N/c1-15-14(20)11(9-10-5-3-2-4-6-10)16-12(17)7-8-13(18)19;1-12-11(14)10(13-17(2,15)16)8-9-6-4-3-5-7-9;2*1-2-8-7-11-10-6-4-3-5-9(8)10;2*1-2-8-6-4-3-5-7-8;2*1-2-3-4-8-5(6)7;2*1-2-4-5-3-1;10*1-2;;;;;;;;;;;;;;/h2-6,11H,7-9H2,1H3,(H,15,20)(H,16,17)(H,18,19);3-7,10,13H,8H2,1-2H3,(H,12,14);2*3-7,11H,2H2,1H3;2*8H,2-7H2,1H3;2*2-4H2,1H3,(H4,6,7,8);2*5H,1-4H2;10*1H2;14*1H3/t11-;10-;;;;;;;;;;;;;;;;;;;;;;;;;;;;;;;;/m00................................/s1. The molecule has 4 heterocycles. The Labute approximate surface area is 808 Å². The topological polar surface area (TPSA) is 1020 Å². The molecule has 0 bridgehead atoms. The molecule has 4 aliphatic rings. The first kappa shape index (κ1) is 187. The highest BCUT2D eigenvalue weighted by molar-refractivity contribution is 7.88. The SMILES string of the molecule is C1CCNC1.C1CCNC1.C=O.C=O.C=O.C=O.C=O.C=O.C=O.C=O.C=O.C=O.CCC1CCCCC1.CCC1CCCCC1.CCCCN=C(N)N.CCCCN=C(N)N.CCc1c[nH]c2ccccc12.CCc1c[nH]c2ccccc12.CNC(=O)[C@H](Cc1ccccc1)NC(=O)CCC(=O)O.CNC(=O)[C@H](Cc1ccccc1)NS(C)(=O)=O.N.N.N.N.N.N.N.N.N.N.N.N.N.N. The predicted octanol–water partition coefficient (Wildman–Crippen LogP) is 12.9. The fraction of sp³-hybridized carbons (Fsp3) is 0.506. The van der Waals surface area contributed by atoms with Gasteiger partial charge in [0.25, 0.3) is 0 Å². The number of H-pyrrole nitrogens is 2. The number of nitrogens with one attached hydrogen (secondary N) is 8. The molecule has 135 heavy (non-hydrogen) atoms. The Hall–Kier alpha value is -11.6. The number of aromatic nitrogens is 2. The lowest BCUT2D eigenvalue weighted by Crippen LogP contribution is -2.47. The normalized spacial score (nSPS) is 11.0. The highest BCUT2D eigenvalue weighted by Gasteiger charge is 2.22. The molecule has 0 unspecified atom stereocenters. The molecule has 3 amide bonds. The Balaban J connectivity index is -0.0000000454. The number of likely N-dealkylation sites (N-methyl/N-ethyl adjacent to an activating group) is 2. The highest BCUT2D eigenvalue weighted by Crippen LogP contribution is 2.26. The molecular weight excluding hydrogens is 1770 g/mol. The molecule has 2 aromatic heterocycles. The van der Waals surface area contributed by atoms with Crippen molar-refractivity contribution in [1.29, 1.82) is 0 Å². The molecular formula is C89H194N28O17S. The number of aliphatic carboxylic acids is 1. The van der Waals surface area contributed by atoms with Crippen LogP contribution >= 0.6 is 0 Å². The summed E-state index contributed by atoms with van der Waals surface area (Å²) in [5.41, 5.74) is 27.3. The number of carboxylic acid groups (broad SMARTS) is 1. The number of rotatable bonds is 22. The van der Waals surface area contributed by atoms with E-state index in [0.717, 1.165) is 80.8 Å². The third-order valence-corrected chi connectivity index (χ3v) is 17.9. The number of unbranched alkanes of at least 4 members (excludes halogenated alkanes) is 2. The van der Waals surface area contributed by atoms with Crippen molar-refractivity contribution < 1.29 is 80.6 Å². The third kappa shape index (κ3) is 118. The number of hydrogen-bond donors (Lipinski definition) is 27. The number of nitrogens with zero attached hydrogens (tertiary/aromatic N) is 2. The molecule has 2 saturated carbocycles. The van der Waals surface area contributed by atoms with Crippen molar-refractivity contribution in [2.45, 2.75) is 221 Å². The van der Waals surface area contributed by atoms with Crippen molar-refractivity contribution in [2.24, 2.45) is 44.8 Å². The Kier molecular flexibility index (Phi) is 205. The summed E-state index contributed by atoms with van der Waals surface area (Å²) in [5, 5.41) is 25.2. The summed E-state index contributed by atoms with van der Waals surface area (Å²) in [4.78, 5) is 139. The molecule has 798 valence electrons. The van der Waals surface area contributed by atoms with Crippen molar-refractivity contribution in [1.82, 2.24) is 127 Å². The Morgan fingerprint density at radius 2 is 0.681 bits per heavy atom. The van der Waals surface area contributed by atoms with E-state index in [9.17, 15) is 27.6 Å². The zero-order valence-electron chi connectivity index (χ0n) is 84.0. The molecule has 0 spiro atoms. The van der Waals surface area contributed by atoms with Crippen LogP contribution in [0.4, 0.5) is 0 Å². The van der Waals surface area contributed by atoms with Gasteiger partial charge in [0.2, 0.25) is 27.7 Å². The lowest BCUT2D eigenvalue weighted by atomic mass is 9.88. The van der Waals surface area contributed by atoms with Gasteiger partial charge in [0.05, 0.1) is 12.7 Å². The minimum absolute atomic E-state index is 0. The second-order valence-electron chi connectivity index (χ2n) is 25.5. The first-order chi connectivity index (χ1) is 58.7. The fourth-order valence-corrected chi connectivity index (χ4v) is 11.9. The molecule has 4 fully saturated rings. The second kappa shape index (κ2) is 148. The minimum atomic E-state index is -3.41. The van der Waals surface area contributed by atoms with Gasteiger partial charge in [0.1, 0.15) is 80.0 Å². The first-order valence-electron chi connectivity index (χ1n) is 40.2. The van der Waals surface area contributed by atoms with Crippen LogP contribution in [-0.4, -0.2) is 199 Å². The van der Waals surface area contributed by atoms with Crippen molar-refractivity contribution in [3.8, 4) is 0 Å². The highest BCUT2D eigenvalue weighted by atomic mass is 32.2. The van der Waals surface area contributed by atoms with E-state index in [2.05, 4.69) is 154 Å². The maximum Gasteiger partial charge on any atom is 0.303 e. The number of aliphatic imine (C=N–C) groups is 2. The number of para-hydroxylation sites is 2. The minimum Gasteiger partial charge on any atom is -0.481 e. The monoisotopic (exact) mass is 1960 g/mol. The van der Waals surface area contributed by atoms with Crippen LogP contribution in [0, 0.1) is 11.8 Å². The van der Waals surface area contributed by atoms with Gasteiger partial charge < -0.3 is 199 Å². The molecule has 10 rings (SSSR count). The molecule has 2 aliphatic carbocycles. The zero-order chi connectivity index (χ0) is 94.7. The van der Waals surface area contributed by atoms with E-state index in [0.29, 0.717) is 12.8 Å². The van der Waals surface area contributed by atoms with Gasteiger partial charge in [-0.2, -0.15) is 0 Å². The maximum atomic E-state index is 11.7. The second-order valence-corrected chi connectivity index (χ2v) is 27.3.